The van der Waals surface area contributed by atoms with E-state index < -0.39 is 28.4 Å². The Kier molecular flexibility index (Phi) is 5.56. The third kappa shape index (κ3) is 5.53. The van der Waals surface area contributed by atoms with Crippen LogP contribution < -0.4 is 10.6 Å². The normalized spacial score (nSPS) is 20.7. The van der Waals surface area contributed by atoms with Gasteiger partial charge >= 0.3 is 6.09 Å². The number of rotatable bonds is 7. The summed E-state index contributed by atoms with van der Waals surface area (Å²) in [6.45, 7) is 1.16. The molecule has 0 unspecified atom stereocenters. The highest BCUT2D eigenvalue weighted by atomic mass is 32.2. The lowest BCUT2D eigenvalue weighted by Crippen LogP contribution is -2.42. The summed E-state index contributed by atoms with van der Waals surface area (Å²) < 4.78 is 33.9. The number of nitrogens with one attached hydrogen (secondary N) is 2. The van der Waals surface area contributed by atoms with E-state index in [1.54, 1.807) is 30.3 Å². The molecule has 0 aliphatic carbocycles. The number of cyclic esters (lactones) is 1. The van der Waals surface area contributed by atoms with Crippen LogP contribution in [0.3, 0.4) is 0 Å². The Hall–Kier alpha value is -2.13. The zero-order chi connectivity index (χ0) is 16.9. The molecule has 23 heavy (non-hydrogen) atoms. The van der Waals surface area contributed by atoms with Crippen LogP contribution in [-0.4, -0.2) is 45.7 Å². The van der Waals surface area contributed by atoms with Gasteiger partial charge in [-0.15, -0.1) is 0 Å². The Labute approximate surface area is 134 Å². The van der Waals surface area contributed by atoms with Gasteiger partial charge < -0.3 is 15.4 Å². The zero-order valence-corrected chi connectivity index (χ0v) is 13.3. The monoisotopic (exact) mass is 342 g/mol. The molecule has 126 valence electrons. The quantitative estimate of drug-likeness (QED) is 0.682. The van der Waals surface area contributed by atoms with Crippen LogP contribution in [0, 0.1) is 0 Å². The minimum absolute atomic E-state index is 0.0842. The van der Waals surface area contributed by atoms with Crippen LogP contribution in [0.15, 0.2) is 30.3 Å². The van der Waals surface area contributed by atoms with Crippen LogP contribution in [0.4, 0.5) is 4.79 Å². The third-order valence-electron chi connectivity index (χ3n) is 3.18. The Morgan fingerprint density at radius 2 is 2.04 bits per heavy atom. The van der Waals surface area contributed by atoms with Gasteiger partial charge in [0, 0.05) is 6.92 Å². The SMILES string of the molecule is CC(=O)NC[C@H]1OC(=O)N[C@@H]1COS(=O)(=O)Cc1ccccc1. The Morgan fingerprint density at radius 1 is 1.35 bits per heavy atom. The summed E-state index contributed by atoms with van der Waals surface area (Å²) in [6, 6.07) is 7.97. The van der Waals surface area contributed by atoms with Gasteiger partial charge in [0.15, 0.2) is 0 Å². The van der Waals surface area contributed by atoms with Crippen LogP contribution in [-0.2, 0) is 29.6 Å². The first-order valence-corrected chi connectivity index (χ1v) is 8.56. The number of carbonyl (C=O) groups excluding carboxylic acids is 2. The van der Waals surface area contributed by atoms with E-state index in [4.69, 9.17) is 8.92 Å². The van der Waals surface area contributed by atoms with Crippen molar-refractivity contribution in [2.45, 2.75) is 24.8 Å². The van der Waals surface area contributed by atoms with Crippen molar-refractivity contribution in [3.8, 4) is 0 Å². The summed E-state index contributed by atoms with van der Waals surface area (Å²) >= 11 is 0. The first kappa shape index (κ1) is 17.2. The molecule has 9 heteroatoms. The zero-order valence-electron chi connectivity index (χ0n) is 12.5. The van der Waals surface area contributed by atoms with Crippen molar-refractivity contribution in [3.05, 3.63) is 35.9 Å². The van der Waals surface area contributed by atoms with E-state index in [1.165, 1.54) is 6.92 Å². The van der Waals surface area contributed by atoms with Crippen molar-refractivity contribution in [3.63, 3.8) is 0 Å². The molecule has 2 rings (SSSR count). The predicted octanol–water partition coefficient (Wildman–Crippen LogP) is 0.146. The summed E-state index contributed by atoms with van der Waals surface area (Å²) in [7, 11) is -3.79. The molecule has 1 aromatic carbocycles. The minimum Gasteiger partial charge on any atom is -0.442 e. The number of carbonyl (C=O) groups is 2. The van der Waals surface area contributed by atoms with E-state index in [2.05, 4.69) is 10.6 Å². The van der Waals surface area contributed by atoms with Gasteiger partial charge in [-0.25, -0.2) is 4.79 Å². The third-order valence-corrected chi connectivity index (χ3v) is 4.36. The molecule has 2 N–H and O–H groups in total. The summed E-state index contributed by atoms with van der Waals surface area (Å²) in [5, 5.41) is 4.98. The molecule has 0 saturated carbocycles. The molecule has 1 fully saturated rings. The van der Waals surface area contributed by atoms with E-state index in [0.29, 0.717) is 5.56 Å². The summed E-state index contributed by atoms with van der Waals surface area (Å²) in [5.74, 6) is -0.532. The molecule has 2 atom stereocenters. The average Bonchev–Trinajstić information content (AvgIpc) is 2.84. The number of benzene rings is 1. The highest BCUT2D eigenvalue weighted by molar-refractivity contribution is 7.85. The minimum atomic E-state index is -3.79. The maximum absolute atomic E-state index is 12.0. The molecule has 1 saturated heterocycles. The molecular weight excluding hydrogens is 324 g/mol. The second-order valence-electron chi connectivity index (χ2n) is 5.10. The maximum atomic E-state index is 12.0. The molecule has 1 aliphatic rings. The fraction of sp³-hybridized carbons (Fsp3) is 0.429. The van der Waals surface area contributed by atoms with Crippen molar-refractivity contribution in [1.29, 1.82) is 0 Å². The van der Waals surface area contributed by atoms with Gasteiger partial charge in [0.05, 0.1) is 19.2 Å². The lowest BCUT2D eigenvalue weighted by atomic mass is 10.2. The van der Waals surface area contributed by atoms with Crippen LogP contribution in [0.2, 0.25) is 0 Å². The van der Waals surface area contributed by atoms with Crippen molar-refractivity contribution >= 4 is 22.1 Å². The standard InChI is InChI=1S/C14H18N2O6S/c1-10(17)15-7-13-12(16-14(18)22-13)8-21-23(19,20)9-11-5-3-2-4-6-11/h2-6,12-13H,7-9H2,1H3,(H,15,17)(H,16,18)/t12-,13-/m1/s1. The van der Waals surface area contributed by atoms with Gasteiger partial charge in [-0.1, -0.05) is 30.3 Å². The number of ether oxygens (including phenoxy) is 1. The molecule has 0 bridgehead atoms. The fourth-order valence-corrected chi connectivity index (χ4v) is 3.11. The van der Waals surface area contributed by atoms with E-state index in [0.717, 1.165) is 0 Å². The fourth-order valence-electron chi connectivity index (χ4n) is 2.07. The van der Waals surface area contributed by atoms with Gasteiger partial charge in [0.25, 0.3) is 10.1 Å². The van der Waals surface area contributed by atoms with E-state index >= 15 is 0 Å². The lowest BCUT2D eigenvalue weighted by Gasteiger charge is -2.17. The molecule has 0 radical (unpaired) electrons. The number of amides is 2. The van der Waals surface area contributed by atoms with Crippen LogP contribution in [0.25, 0.3) is 0 Å². The molecule has 1 aromatic rings. The molecule has 1 aliphatic heterocycles. The van der Waals surface area contributed by atoms with Crippen molar-refractivity contribution in [2.24, 2.45) is 0 Å². The second kappa shape index (κ2) is 7.42. The van der Waals surface area contributed by atoms with Crippen LogP contribution >= 0.6 is 0 Å². The van der Waals surface area contributed by atoms with Gasteiger partial charge in [-0.3, -0.25) is 8.98 Å². The van der Waals surface area contributed by atoms with Gasteiger partial charge in [-0.05, 0) is 5.56 Å². The largest absolute Gasteiger partial charge is 0.442 e. The molecular formula is C14H18N2O6S. The molecule has 8 nitrogen and oxygen atoms in total. The predicted molar refractivity (Wildman–Crippen MR) is 80.9 cm³/mol. The Morgan fingerprint density at radius 3 is 2.70 bits per heavy atom. The highest BCUT2D eigenvalue weighted by Gasteiger charge is 2.35. The van der Waals surface area contributed by atoms with Gasteiger partial charge in [0.1, 0.15) is 11.9 Å². The Bertz CT molecular complexity index is 661. The van der Waals surface area contributed by atoms with Crippen LogP contribution in [0.1, 0.15) is 12.5 Å². The molecule has 0 spiro atoms. The van der Waals surface area contributed by atoms with Crippen molar-refractivity contribution in [2.75, 3.05) is 13.2 Å². The average molecular weight is 342 g/mol. The first-order chi connectivity index (χ1) is 10.9. The van der Waals surface area contributed by atoms with E-state index in [1.807, 2.05) is 0 Å². The first-order valence-electron chi connectivity index (χ1n) is 6.98. The summed E-state index contributed by atoms with van der Waals surface area (Å²) in [5.41, 5.74) is 0.606. The number of hydrogen-bond acceptors (Lipinski definition) is 6. The summed E-state index contributed by atoms with van der Waals surface area (Å²) in [6.07, 6.45) is -1.35. The van der Waals surface area contributed by atoms with Gasteiger partial charge in [0.2, 0.25) is 5.91 Å². The summed E-state index contributed by atoms with van der Waals surface area (Å²) in [4.78, 5) is 22.2. The van der Waals surface area contributed by atoms with Gasteiger partial charge in [-0.2, -0.15) is 8.42 Å². The highest BCUT2D eigenvalue weighted by Crippen LogP contribution is 2.12. The second-order valence-corrected chi connectivity index (χ2v) is 6.74. The number of hydrogen-bond donors (Lipinski definition) is 2. The number of alkyl carbamates (subject to hydrolysis) is 1. The van der Waals surface area contributed by atoms with E-state index in [9.17, 15) is 18.0 Å². The topological polar surface area (TPSA) is 111 Å². The van der Waals surface area contributed by atoms with E-state index in [-0.39, 0.29) is 24.8 Å². The smallest absolute Gasteiger partial charge is 0.407 e. The Balaban J connectivity index is 1.90. The van der Waals surface area contributed by atoms with Crippen molar-refractivity contribution < 1.29 is 26.9 Å². The molecule has 1 heterocycles. The van der Waals surface area contributed by atoms with Crippen LogP contribution in [0.5, 0.6) is 0 Å². The molecule has 0 aromatic heterocycles. The molecule has 2 amide bonds. The lowest BCUT2D eigenvalue weighted by molar-refractivity contribution is -0.119. The van der Waals surface area contributed by atoms with Crippen molar-refractivity contribution in [1.82, 2.24) is 10.6 Å². The maximum Gasteiger partial charge on any atom is 0.407 e.